The predicted molar refractivity (Wildman–Crippen MR) is 69.4 cm³/mol. The summed E-state index contributed by atoms with van der Waals surface area (Å²) >= 11 is 0. The average molecular weight is 250 g/mol. The van der Waals surface area contributed by atoms with E-state index in [1.807, 2.05) is 24.3 Å². The average Bonchev–Trinajstić information content (AvgIpc) is 2.64. The van der Waals surface area contributed by atoms with Gasteiger partial charge in [0, 0.05) is 37.9 Å². The first-order valence-corrected chi connectivity index (χ1v) is 6.07. The summed E-state index contributed by atoms with van der Waals surface area (Å²) in [6.07, 6.45) is 0.0197. The molecule has 0 aromatic heterocycles. The molecule has 5 heteroatoms. The minimum absolute atomic E-state index is 0.548. The molecule has 18 heavy (non-hydrogen) atoms. The van der Waals surface area contributed by atoms with Gasteiger partial charge >= 0.3 is 6.09 Å². The van der Waals surface area contributed by atoms with E-state index in [9.17, 15) is 4.79 Å². The van der Waals surface area contributed by atoms with E-state index in [1.165, 1.54) is 4.90 Å². The molecule has 0 aliphatic carbocycles. The van der Waals surface area contributed by atoms with Gasteiger partial charge in [-0.1, -0.05) is 6.07 Å². The van der Waals surface area contributed by atoms with Gasteiger partial charge in [-0.15, -0.1) is 0 Å². The number of carbonyl (C=O) groups is 1. The largest absolute Gasteiger partial charge is 0.497 e. The first-order chi connectivity index (χ1) is 8.70. The fraction of sp³-hybridized carbons (Fsp3) is 0.462. The van der Waals surface area contributed by atoms with Crippen LogP contribution >= 0.6 is 0 Å². The van der Waals surface area contributed by atoms with Crippen molar-refractivity contribution in [3.05, 3.63) is 24.3 Å². The van der Waals surface area contributed by atoms with Crippen molar-refractivity contribution in [2.45, 2.75) is 6.42 Å². The second-order valence-corrected chi connectivity index (χ2v) is 4.31. The normalized spacial score (nSPS) is 16.3. The van der Waals surface area contributed by atoms with E-state index in [0.717, 1.165) is 30.9 Å². The summed E-state index contributed by atoms with van der Waals surface area (Å²) in [6.45, 7) is 2.75. The van der Waals surface area contributed by atoms with Crippen molar-refractivity contribution in [1.82, 2.24) is 4.90 Å². The zero-order chi connectivity index (χ0) is 13.0. The van der Waals surface area contributed by atoms with Crippen LogP contribution in [0.2, 0.25) is 0 Å². The van der Waals surface area contributed by atoms with E-state index < -0.39 is 6.09 Å². The minimum atomic E-state index is -0.831. The SMILES string of the molecule is COc1cccc(N2CCCN(C(=O)O)CC2)c1. The highest BCUT2D eigenvalue weighted by Crippen LogP contribution is 2.22. The van der Waals surface area contributed by atoms with Crippen LogP contribution in [-0.2, 0) is 0 Å². The molecule has 0 unspecified atom stereocenters. The van der Waals surface area contributed by atoms with Crippen LogP contribution in [0.3, 0.4) is 0 Å². The maximum Gasteiger partial charge on any atom is 0.407 e. The van der Waals surface area contributed by atoms with Gasteiger partial charge in [-0.25, -0.2) is 4.79 Å². The van der Waals surface area contributed by atoms with Gasteiger partial charge in [-0.3, -0.25) is 0 Å². The third-order valence-corrected chi connectivity index (χ3v) is 3.18. The van der Waals surface area contributed by atoms with E-state index >= 15 is 0 Å². The van der Waals surface area contributed by atoms with E-state index in [4.69, 9.17) is 9.84 Å². The molecular formula is C13H18N2O3. The summed E-state index contributed by atoms with van der Waals surface area (Å²) in [6, 6.07) is 7.87. The molecule has 5 nitrogen and oxygen atoms in total. The van der Waals surface area contributed by atoms with Crippen molar-refractivity contribution in [3.63, 3.8) is 0 Å². The number of hydrogen-bond donors (Lipinski definition) is 1. The van der Waals surface area contributed by atoms with Crippen LogP contribution in [0.5, 0.6) is 5.75 Å². The number of anilines is 1. The number of ether oxygens (including phenoxy) is 1. The monoisotopic (exact) mass is 250 g/mol. The lowest BCUT2D eigenvalue weighted by atomic mass is 10.2. The molecule has 2 rings (SSSR count). The summed E-state index contributed by atoms with van der Waals surface area (Å²) in [7, 11) is 1.65. The Labute approximate surface area is 107 Å². The molecule has 98 valence electrons. The van der Waals surface area contributed by atoms with Gasteiger partial charge < -0.3 is 19.6 Å². The first kappa shape index (κ1) is 12.5. The fourth-order valence-corrected chi connectivity index (χ4v) is 2.17. The lowest BCUT2D eigenvalue weighted by Crippen LogP contribution is -2.34. The molecule has 1 saturated heterocycles. The molecule has 1 heterocycles. The topological polar surface area (TPSA) is 53.0 Å². The molecular weight excluding hydrogens is 232 g/mol. The molecule has 0 bridgehead atoms. The van der Waals surface area contributed by atoms with Crippen molar-refractivity contribution in [1.29, 1.82) is 0 Å². The van der Waals surface area contributed by atoms with Crippen molar-refractivity contribution in [2.75, 3.05) is 38.2 Å². The molecule has 1 aromatic rings. The van der Waals surface area contributed by atoms with Gasteiger partial charge in [-0.05, 0) is 18.6 Å². The third-order valence-electron chi connectivity index (χ3n) is 3.18. The predicted octanol–water partition coefficient (Wildman–Crippen LogP) is 1.89. The zero-order valence-corrected chi connectivity index (χ0v) is 10.5. The first-order valence-electron chi connectivity index (χ1n) is 6.07. The summed E-state index contributed by atoms with van der Waals surface area (Å²) < 4.78 is 5.21. The Bertz CT molecular complexity index is 422. The molecule has 1 aliphatic rings. The fourth-order valence-electron chi connectivity index (χ4n) is 2.17. The molecule has 0 atom stereocenters. The zero-order valence-electron chi connectivity index (χ0n) is 10.5. The smallest absolute Gasteiger partial charge is 0.407 e. The van der Waals surface area contributed by atoms with Crippen LogP contribution in [0, 0.1) is 0 Å². The van der Waals surface area contributed by atoms with Crippen LogP contribution in [0.25, 0.3) is 0 Å². The molecule has 1 N–H and O–H groups in total. The third kappa shape index (κ3) is 2.85. The molecule has 0 saturated carbocycles. The Morgan fingerprint density at radius 1 is 1.28 bits per heavy atom. The molecule has 1 aromatic carbocycles. The number of hydrogen-bond acceptors (Lipinski definition) is 3. The van der Waals surface area contributed by atoms with Crippen molar-refractivity contribution < 1.29 is 14.6 Å². The Morgan fingerprint density at radius 3 is 2.83 bits per heavy atom. The van der Waals surface area contributed by atoms with Crippen LogP contribution in [0.4, 0.5) is 10.5 Å². The van der Waals surface area contributed by atoms with Crippen LogP contribution < -0.4 is 9.64 Å². The van der Waals surface area contributed by atoms with E-state index in [1.54, 1.807) is 7.11 Å². The number of nitrogens with zero attached hydrogens (tertiary/aromatic N) is 2. The van der Waals surface area contributed by atoms with Gasteiger partial charge in [-0.2, -0.15) is 0 Å². The maximum atomic E-state index is 10.9. The highest BCUT2D eigenvalue weighted by Gasteiger charge is 2.18. The second-order valence-electron chi connectivity index (χ2n) is 4.31. The van der Waals surface area contributed by atoms with Gasteiger partial charge in [0.15, 0.2) is 0 Å². The van der Waals surface area contributed by atoms with Gasteiger partial charge in [0.25, 0.3) is 0 Å². The summed E-state index contributed by atoms with van der Waals surface area (Å²) in [5.41, 5.74) is 1.08. The van der Waals surface area contributed by atoms with Crippen molar-refractivity contribution in [3.8, 4) is 5.75 Å². The summed E-state index contributed by atoms with van der Waals surface area (Å²) in [5, 5.41) is 8.99. The molecule has 0 spiro atoms. The number of benzene rings is 1. The van der Waals surface area contributed by atoms with Gasteiger partial charge in [0.2, 0.25) is 0 Å². The minimum Gasteiger partial charge on any atom is -0.497 e. The summed E-state index contributed by atoms with van der Waals surface area (Å²) in [5.74, 6) is 0.826. The number of carboxylic acid groups (broad SMARTS) is 1. The van der Waals surface area contributed by atoms with Crippen LogP contribution in [-0.4, -0.2) is 49.4 Å². The standard InChI is InChI=1S/C13H18N2O3/c1-18-12-5-2-4-11(10-12)14-6-3-7-15(9-8-14)13(16)17/h2,4-5,10H,3,6-9H2,1H3,(H,16,17). The Morgan fingerprint density at radius 2 is 2.11 bits per heavy atom. The highest BCUT2D eigenvalue weighted by molar-refractivity contribution is 5.65. The molecule has 1 amide bonds. The quantitative estimate of drug-likeness (QED) is 0.870. The second kappa shape index (κ2) is 5.62. The molecule has 1 aliphatic heterocycles. The highest BCUT2D eigenvalue weighted by atomic mass is 16.5. The number of rotatable bonds is 2. The lowest BCUT2D eigenvalue weighted by Gasteiger charge is -2.23. The Balaban J connectivity index is 2.07. The lowest BCUT2D eigenvalue weighted by molar-refractivity contribution is 0.148. The van der Waals surface area contributed by atoms with Crippen LogP contribution in [0.15, 0.2) is 24.3 Å². The van der Waals surface area contributed by atoms with E-state index in [2.05, 4.69) is 4.90 Å². The maximum absolute atomic E-state index is 10.9. The number of amides is 1. The van der Waals surface area contributed by atoms with Gasteiger partial charge in [0.05, 0.1) is 7.11 Å². The van der Waals surface area contributed by atoms with Gasteiger partial charge in [0.1, 0.15) is 5.75 Å². The molecule has 1 fully saturated rings. The number of methoxy groups -OCH3 is 1. The van der Waals surface area contributed by atoms with E-state index in [-0.39, 0.29) is 0 Å². The van der Waals surface area contributed by atoms with Crippen LogP contribution in [0.1, 0.15) is 6.42 Å². The van der Waals surface area contributed by atoms with Crippen molar-refractivity contribution in [2.24, 2.45) is 0 Å². The molecule has 0 radical (unpaired) electrons. The van der Waals surface area contributed by atoms with E-state index in [0.29, 0.717) is 13.1 Å². The summed E-state index contributed by atoms with van der Waals surface area (Å²) in [4.78, 5) is 14.6. The van der Waals surface area contributed by atoms with Crippen molar-refractivity contribution >= 4 is 11.8 Å². The Kier molecular flexibility index (Phi) is 3.92. The Hall–Kier alpha value is -1.91.